The first-order chi connectivity index (χ1) is 9.99. The van der Waals surface area contributed by atoms with Gasteiger partial charge in [0.1, 0.15) is 11.2 Å². The van der Waals surface area contributed by atoms with Crippen molar-refractivity contribution in [3.63, 3.8) is 0 Å². The molecule has 0 radical (unpaired) electrons. The van der Waals surface area contributed by atoms with Crippen LogP contribution in [0.1, 0.15) is 45.1 Å². The molecule has 21 heavy (non-hydrogen) atoms. The van der Waals surface area contributed by atoms with Crippen LogP contribution in [-0.4, -0.2) is 5.91 Å². The van der Waals surface area contributed by atoms with Crippen molar-refractivity contribution in [2.24, 2.45) is 5.41 Å². The summed E-state index contributed by atoms with van der Waals surface area (Å²) in [4.78, 5) is 12.4. The maximum absolute atomic E-state index is 13.1. The summed E-state index contributed by atoms with van der Waals surface area (Å²) in [5.74, 6) is -0.760. The lowest BCUT2D eigenvalue weighted by atomic mass is 9.79. The van der Waals surface area contributed by atoms with Crippen LogP contribution in [-0.2, 0) is 11.3 Å². The van der Waals surface area contributed by atoms with Crippen LogP contribution in [0.15, 0.2) is 18.2 Å². The SMILES string of the molecule is CCCC(C#N)(CCC)C(=O)NCc1ccc(F)c(Cl)c1. The van der Waals surface area contributed by atoms with Gasteiger partial charge in [-0.2, -0.15) is 5.26 Å². The van der Waals surface area contributed by atoms with Crippen molar-refractivity contribution in [2.45, 2.75) is 46.1 Å². The zero-order valence-electron chi connectivity index (χ0n) is 12.4. The molecule has 0 aliphatic heterocycles. The highest BCUT2D eigenvalue weighted by atomic mass is 35.5. The fraction of sp³-hybridized carbons (Fsp3) is 0.500. The van der Waals surface area contributed by atoms with Gasteiger partial charge in [-0.15, -0.1) is 0 Å². The highest BCUT2D eigenvalue weighted by Gasteiger charge is 2.36. The number of hydrogen-bond acceptors (Lipinski definition) is 2. The minimum Gasteiger partial charge on any atom is -0.351 e. The molecule has 1 N–H and O–H groups in total. The monoisotopic (exact) mass is 310 g/mol. The molecule has 0 fully saturated rings. The predicted molar refractivity (Wildman–Crippen MR) is 81.1 cm³/mol. The van der Waals surface area contributed by atoms with Crippen molar-refractivity contribution >= 4 is 17.5 Å². The number of nitrogens with zero attached hydrogens (tertiary/aromatic N) is 1. The van der Waals surface area contributed by atoms with Crippen molar-refractivity contribution in [2.75, 3.05) is 0 Å². The molecule has 0 bridgehead atoms. The highest BCUT2D eigenvalue weighted by molar-refractivity contribution is 6.30. The summed E-state index contributed by atoms with van der Waals surface area (Å²) in [6.45, 7) is 4.14. The Morgan fingerprint density at radius 1 is 1.38 bits per heavy atom. The molecule has 0 aliphatic carbocycles. The van der Waals surface area contributed by atoms with Crippen molar-refractivity contribution in [3.8, 4) is 6.07 Å². The molecule has 1 amide bonds. The van der Waals surface area contributed by atoms with Gasteiger partial charge in [-0.25, -0.2) is 4.39 Å². The van der Waals surface area contributed by atoms with Crippen molar-refractivity contribution < 1.29 is 9.18 Å². The Kier molecular flexibility index (Phi) is 6.64. The van der Waals surface area contributed by atoms with Gasteiger partial charge in [0, 0.05) is 6.54 Å². The van der Waals surface area contributed by atoms with E-state index in [-0.39, 0.29) is 17.5 Å². The van der Waals surface area contributed by atoms with E-state index in [2.05, 4.69) is 11.4 Å². The van der Waals surface area contributed by atoms with E-state index in [4.69, 9.17) is 11.6 Å². The third-order valence-electron chi connectivity index (χ3n) is 3.44. The quantitative estimate of drug-likeness (QED) is 0.820. The van der Waals surface area contributed by atoms with Crippen LogP contribution in [0.3, 0.4) is 0 Å². The van der Waals surface area contributed by atoms with E-state index in [0.717, 1.165) is 12.8 Å². The largest absolute Gasteiger partial charge is 0.351 e. The maximum Gasteiger partial charge on any atom is 0.240 e. The second-order valence-electron chi connectivity index (χ2n) is 5.13. The molecule has 1 aromatic carbocycles. The number of nitrogens with one attached hydrogen (secondary N) is 1. The second-order valence-corrected chi connectivity index (χ2v) is 5.53. The molecule has 3 nitrogen and oxygen atoms in total. The molecular formula is C16H20ClFN2O. The van der Waals surface area contributed by atoms with E-state index in [1.165, 1.54) is 12.1 Å². The predicted octanol–water partition coefficient (Wildman–Crippen LogP) is 4.21. The van der Waals surface area contributed by atoms with Crippen molar-refractivity contribution in [1.82, 2.24) is 5.32 Å². The first-order valence-corrected chi connectivity index (χ1v) is 7.50. The van der Waals surface area contributed by atoms with Crippen molar-refractivity contribution in [3.05, 3.63) is 34.6 Å². The topological polar surface area (TPSA) is 52.9 Å². The van der Waals surface area contributed by atoms with Gasteiger partial charge in [0.2, 0.25) is 5.91 Å². The van der Waals surface area contributed by atoms with Crippen LogP contribution in [0.4, 0.5) is 4.39 Å². The molecule has 5 heteroatoms. The van der Waals surface area contributed by atoms with Gasteiger partial charge in [-0.3, -0.25) is 4.79 Å². The number of nitriles is 1. The van der Waals surface area contributed by atoms with Crippen LogP contribution in [0, 0.1) is 22.6 Å². The molecule has 1 aromatic rings. The minimum absolute atomic E-state index is 0.0235. The Hall–Kier alpha value is -1.60. The van der Waals surface area contributed by atoms with Crippen LogP contribution in [0.5, 0.6) is 0 Å². The van der Waals surface area contributed by atoms with Gasteiger partial charge >= 0.3 is 0 Å². The molecular weight excluding hydrogens is 291 g/mol. The first kappa shape index (κ1) is 17.5. The lowest BCUT2D eigenvalue weighted by Gasteiger charge is -2.24. The van der Waals surface area contributed by atoms with E-state index in [0.29, 0.717) is 18.4 Å². The fourth-order valence-corrected chi connectivity index (χ4v) is 2.57. The summed E-state index contributed by atoms with van der Waals surface area (Å²) in [6.07, 6.45) is 2.60. The van der Waals surface area contributed by atoms with Gasteiger partial charge in [-0.1, -0.05) is 44.4 Å². The van der Waals surface area contributed by atoms with E-state index < -0.39 is 11.2 Å². The van der Waals surface area contributed by atoms with Crippen LogP contribution >= 0.6 is 11.6 Å². The number of carbonyl (C=O) groups is 1. The lowest BCUT2D eigenvalue weighted by Crippen LogP contribution is -2.39. The molecule has 0 aromatic heterocycles. The third kappa shape index (κ3) is 4.44. The summed E-state index contributed by atoms with van der Waals surface area (Å²) in [5, 5.41) is 12.2. The number of hydrogen-bond donors (Lipinski definition) is 1. The standard InChI is InChI=1S/C16H20ClFN2O/c1-3-7-16(11-19,8-4-2)15(21)20-10-12-5-6-14(18)13(17)9-12/h5-6,9H,3-4,7-8,10H2,1-2H3,(H,20,21). The van der Waals surface area contributed by atoms with Crippen LogP contribution < -0.4 is 5.32 Å². The summed E-state index contributed by atoms with van der Waals surface area (Å²) in [6, 6.07) is 6.48. The molecule has 114 valence electrons. The normalized spacial score (nSPS) is 11.0. The number of rotatable bonds is 7. The summed E-state index contributed by atoms with van der Waals surface area (Å²) in [7, 11) is 0. The highest BCUT2D eigenvalue weighted by Crippen LogP contribution is 2.29. The number of halogens is 2. The van der Waals surface area contributed by atoms with E-state index in [1.807, 2.05) is 13.8 Å². The van der Waals surface area contributed by atoms with Crippen LogP contribution in [0.2, 0.25) is 5.02 Å². The Bertz CT molecular complexity index is 534. The van der Waals surface area contributed by atoms with Crippen LogP contribution in [0.25, 0.3) is 0 Å². The van der Waals surface area contributed by atoms with E-state index in [9.17, 15) is 14.4 Å². The van der Waals surface area contributed by atoms with E-state index >= 15 is 0 Å². The number of carbonyl (C=O) groups excluding carboxylic acids is 1. The number of benzene rings is 1. The smallest absolute Gasteiger partial charge is 0.240 e. The molecule has 0 aliphatic rings. The zero-order valence-corrected chi connectivity index (χ0v) is 13.1. The minimum atomic E-state index is -0.979. The molecule has 0 heterocycles. The molecule has 1 rings (SSSR count). The fourth-order valence-electron chi connectivity index (χ4n) is 2.37. The summed E-state index contributed by atoms with van der Waals surface area (Å²) >= 11 is 5.71. The van der Waals surface area contributed by atoms with Gasteiger partial charge in [0.15, 0.2) is 0 Å². The molecule has 0 saturated heterocycles. The molecule has 0 saturated carbocycles. The van der Waals surface area contributed by atoms with Gasteiger partial charge in [0.25, 0.3) is 0 Å². The Morgan fingerprint density at radius 2 is 2.00 bits per heavy atom. The molecule has 0 spiro atoms. The zero-order chi connectivity index (χ0) is 15.9. The molecule has 0 unspecified atom stereocenters. The average Bonchev–Trinajstić information content (AvgIpc) is 2.47. The first-order valence-electron chi connectivity index (χ1n) is 7.12. The third-order valence-corrected chi connectivity index (χ3v) is 3.73. The van der Waals surface area contributed by atoms with Gasteiger partial charge < -0.3 is 5.32 Å². The summed E-state index contributed by atoms with van der Waals surface area (Å²) < 4.78 is 13.1. The summed E-state index contributed by atoms with van der Waals surface area (Å²) in [5.41, 5.74) is -0.276. The Labute approximate surface area is 130 Å². The Balaban J connectivity index is 2.78. The Morgan fingerprint density at radius 3 is 2.48 bits per heavy atom. The second kappa shape index (κ2) is 7.99. The number of amides is 1. The van der Waals surface area contributed by atoms with Gasteiger partial charge in [-0.05, 0) is 30.5 Å². The lowest BCUT2D eigenvalue weighted by molar-refractivity contribution is -0.129. The molecule has 0 atom stereocenters. The van der Waals surface area contributed by atoms with Crippen molar-refractivity contribution in [1.29, 1.82) is 5.26 Å². The van der Waals surface area contributed by atoms with Gasteiger partial charge in [0.05, 0.1) is 11.1 Å². The maximum atomic E-state index is 13.1. The average molecular weight is 311 g/mol. The van der Waals surface area contributed by atoms with E-state index in [1.54, 1.807) is 6.07 Å².